The summed E-state index contributed by atoms with van der Waals surface area (Å²) in [5.41, 5.74) is 0.563. The molecule has 0 aliphatic carbocycles. The Morgan fingerprint density at radius 2 is 0.800 bits per heavy atom. The van der Waals surface area contributed by atoms with E-state index >= 15 is 0 Å². The molecule has 0 aromatic heterocycles. The molecule has 6 amide bonds. The highest BCUT2D eigenvalue weighted by molar-refractivity contribution is 9.11. The quantitative estimate of drug-likeness (QED) is 0.0371. The normalized spacial score (nSPS) is 10.0. The minimum Gasteiger partial charge on any atom is -0.506 e. The number of anilines is 6. The van der Waals surface area contributed by atoms with E-state index in [0.29, 0.717) is 31.6 Å². The molecule has 0 unspecified atom stereocenters. The van der Waals surface area contributed by atoms with Crippen molar-refractivity contribution < 1.29 is 44.5 Å². The number of aromatic hydroxyl groups is 3. The van der Waals surface area contributed by atoms with Gasteiger partial charge in [0.05, 0.1) is 77.1 Å². The molecule has 0 heterocycles. The van der Waals surface area contributed by atoms with Crippen molar-refractivity contribution in [2.45, 2.75) is 0 Å². The molecular formula is C39H28Br2Cl3N9O12. The number of phenols is 3. The van der Waals surface area contributed by atoms with Gasteiger partial charge in [-0.05, 0) is 82.7 Å². The van der Waals surface area contributed by atoms with Gasteiger partial charge in [0.1, 0.15) is 17.2 Å². The monoisotopic (exact) mass is 1080 g/mol. The summed E-state index contributed by atoms with van der Waals surface area (Å²) in [6.07, 6.45) is 0. The number of carbonyl (C=O) groups is 3. The van der Waals surface area contributed by atoms with Gasteiger partial charge in [-0.1, -0.05) is 62.9 Å². The number of hydrogen-bond donors (Lipinski definition) is 9. The number of non-ortho nitro benzene ring substituents is 3. The Labute approximate surface area is 397 Å². The first kappa shape index (κ1) is 50.2. The van der Waals surface area contributed by atoms with Crippen molar-refractivity contribution in [3.05, 3.63) is 170 Å². The lowest BCUT2D eigenvalue weighted by Gasteiger charge is -2.10. The summed E-state index contributed by atoms with van der Waals surface area (Å²) in [4.78, 5) is 65.2. The Balaban J connectivity index is 0.000000213. The largest absolute Gasteiger partial charge is 0.506 e. The average Bonchev–Trinajstić information content (AvgIpc) is 3.23. The van der Waals surface area contributed by atoms with Crippen molar-refractivity contribution >= 4 is 136 Å². The van der Waals surface area contributed by atoms with E-state index in [1.807, 2.05) is 0 Å². The highest BCUT2D eigenvalue weighted by Gasteiger charge is 2.16. The lowest BCUT2D eigenvalue weighted by atomic mass is 10.2. The van der Waals surface area contributed by atoms with Crippen molar-refractivity contribution in [1.82, 2.24) is 0 Å². The zero-order chi connectivity index (χ0) is 48.0. The standard InChI is InChI=1S/C13H9Br2N3O4.C13H9Cl2N3O4.C13H10ClN3O4/c2*14-7-1-3-10(9(15)5-7)16-13(20)17-11-4-2-8(18(21)22)6-12(11)19;14-9-3-1-2-4-10(9)15-13(19)16-11-6-5-8(17(20)21)7-12(11)18/h2*1-6,19H,(H2,16,17,20);1-7,18H,(H2,15,16,19). The van der Waals surface area contributed by atoms with E-state index in [1.54, 1.807) is 48.5 Å². The number of nitro groups is 3. The second-order valence-electron chi connectivity index (χ2n) is 12.3. The summed E-state index contributed by atoms with van der Waals surface area (Å²) >= 11 is 24.1. The Morgan fingerprint density at radius 3 is 1.17 bits per heavy atom. The fraction of sp³-hybridized carbons (Fsp3) is 0. The van der Waals surface area contributed by atoms with Crippen molar-refractivity contribution in [1.29, 1.82) is 0 Å². The summed E-state index contributed by atoms with van der Waals surface area (Å²) in [7, 11) is 0. The molecule has 0 atom stereocenters. The molecule has 0 saturated carbocycles. The van der Waals surface area contributed by atoms with Crippen LogP contribution in [0, 0.1) is 30.3 Å². The van der Waals surface area contributed by atoms with Gasteiger partial charge >= 0.3 is 18.1 Å². The SMILES string of the molecule is O=C(Nc1ccc([N+](=O)[O-])cc1O)Nc1ccc(Br)cc1Br.O=C(Nc1ccc([N+](=O)[O-])cc1O)Nc1ccc(Cl)cc1Cl.O=C(Nc1ccc([N+](=O)[O-])cc1O)Nc1ccccc1Cl. The summed E-state index contributed by atoms with van der Waals surface area (Å²) in [6, 6.07) is 24.5. The summed E-state index contributed by atoms with van der Waals surface area (Å²) in [5, 5.41) is 76.4. The third-order valence-electron chi connectivity index (χ3n) is 7.80. The number of amides is 6. The number of nitro benzene ring substituents is 3. The van der Waals surface area contributed by atoms with Crippen molar-refractivity contribution in [2.75, 3.05) is 31.9 Å². The van der Waals surface area contributed by atoms with Crippen molar-refractivity contribution in [3.63, 3.8) is 0 Å². The van der Waals surface area contributed by atoms with Crippen molar-refractivity contribution in [3.8, 4) is 17.2 Å². The fourth-order valence-corrected chi connectivity index (χ4v) is 6.57. The molecule has 26 heteroatoms. The second-order valence-corrected chi connectivity index (χ2v) is 15.4. The molecule has 0 fully saturated rings. The molecule has 336 valence electrons. The van der Waals surface area contributed by atoms with E-state index in [-0.39, 0.29) is 44.9 Å². The van der Waals surface area contributed by atoms with Crippen LogP contribution in [0.25, 0.3) is 0 Å². The van der Waals surface area contributed by atoms with Crippen LogP contribution in [-0.4, -0.2) is 48.2 Å². The number of hydrogen-bond acceptors (Lipinski definition) is 12. The van der Waals surface area contributed by atoms with Crippen LogP contribution in [0.3, 0.4) is 0 Å². The number of benzene rings is 6. The van der Waals surface area contributed by atoms with Gasteiger partial charge in [-0.15, -0.1) is 0 Å². The lowest BCUT2D eigenvalue weighted by molar-refractivity contribution is -0.385. The minimum atomic E-state index is -0.673. The molecule has 0 spiro atoms. The molecule has 0 aliphatic rings. The number of urea groups is 3. The number of phenolic OH excluding ortho intramolecular Hbond substituents is 3. The maximum atomic E-state index is 11.9. The van der Waals surface area contributed by atoms with Crippen LogP contribution < -0.4 is 31.9 Å². The van der Waals surface area contributed by atoms with Crippen LogP contribution in [0.2, 0.25) is 15.1 Å². The smallest absolute Gasteiger partial charge is 0.323 e. The number of halogens is 5. The first-order chi connectivity index (χ1) is 30.7. The van der Waals surface area contributed by atoms with Crippen LogP contribution >= 0.6 is 66.7 Å². The van der Waals surface area contributed by atoms with Gasteiger partial charge < -0.3 is 47.2 Å². The molecule has 6 rings (SSSR count). The number of rotatable bonds is 9. The Bertz CT molecular complexity index is 2680. The van der Waals surface area contributed by atoms with E-state index in [9.17, 15) is 60.0 Å². The number of nitrogens with zero attached hydrogens (tertiary/aromatic N) is 3. The molecule has 9 N–H and O–H groups in total. The predicted molar refractivity (Wildman–Crippen MR) is 252 cm³/mol. The molecular weight excluding hydrogens is 1050 g/mol. The van der Waals surface area contributed by atoms with Crippen LogP contribution in [-0.2, 0) is 0 Å². The molecule has 0 bridgehead atoms. The second kappa shape index (κ2) is 23.3. The van der Waals surface area contributed by atoms with Gasteiger partial charge in [0.2, 0.25) is 0 Å². The lowest BCUT2D eigenvalue weighted by Crippen LogP contribution is -2.19. The van der Waals surface area contributed by atoms with Crippen LogP contribution in [0.4, 0.5) is 65.6 Å². The maximum Gasteiger partial charge on any atom is 0.323 e. The molecule has 0 saturated heterocycles. The van der Waals surface area contributed by atoms with E-state index in [1.165, 1.54) is 42.5 Å². The van der Waals surface area contributed by atoms with E-state index in [2.05, 4.69) is 63.8 Å². The van der Waals surface area contributed by atoms with Crippen LogP contribution in [0.5, 0.6) is 17.2 Å². The van der Waals surface area contributed by atoms with E-state index in [0.717, 1.165) is 28.7 Å². The van der Waals surface area contributed by atoms with Gasteiger partial charge in [0.15, 0.2) is 0 Å². The first-order valence-electron chi connectivity index (χ1n) is 17.5. The molecule has 0 radical (unpaired) electrons. The topological polar surface area (TPSA) is 313 Å². The minimum absolute atomic E-state index is 0.0215. The van der Waals surface area contributed by atoms with Crippen molar-refractivity contribution in [2.24, 2.45) is 0 Å². The molecule has 6 aromatic carbocycles. The molecule has 0 aliphatic heterocycles. The van der Waals surface area contributed by atoms with Crippen LogP contribution in [0.1, 0.15) is 0 Å². The van der Waals surface area contributed by atoms with Gasteiger partial charge in [-0.2, -0.15) is 0 Å². The number of para-hydroxylation sites is 1. The molecule has 21 nitrogen and oxygen atoms in total. The zero-order valence-corrected chi connectivity index (χ0v) is 37.7. The molecule has 65 heavy (non-hydrogen) atoms. The highest BCUT2D eigenvalue weighted by Crippen LogP contribution is 2.32. The van der Waals surface area contributed by atoms with Gasteiger partial charge in [-0.25, -0.2) is 14.4 Å². The number of nitrogens with one attached hydrogen (secondary N) is 6. The average molecular weight is 1080 g/mol. The Morgan fingerprint density at radius 1 is 0.446 bits per heavy atom. The van der Waals surface area contributed by atoms with E-state index in [4.69, 9.17) is 34.8 Å². The summed E-state index contributed by atoms with van der Waals surface area (Å²) in [6.45, 7) is 0. The highest BCUT2D eigenvalue weighted by atomic mass is 79.9. The van der Waals surface area contributed by atoms with Gasteiger partial charge in [0, 0.05) is 32.2 Å². The summed E-state index contributed by atoms with van der Waals surface area (Å²) in [5.74, 6) is -1.22. The predicted octanol–water partition coefficient (Wildman–Crippen LogP) is 12.3. The Hall–Kier alpha value is -7.44. The zero-order valence-electron chi connectivity index (χ0n) is 32.2. The fourth-order valence-electron chi connectivity index (χ4n) is 4.79. The van der Waals surface area contributed by atoms with Crippen LogP contribution in [0.15, 0.2) is 124 Å². The molecule has 6 aromatic rings. The van der Waals surface area contributed by atoms with Gasteiger partial charge in [0.25, 0.3) is 17.1 Å². The first-order valence-corrected chi connectivity index (χ1v) is 20.2. The summed E-state index contributed by atoms with van der Waals surface area (Å²) < 4.78 is 1.52. The third kappa shape index (κ3) is 15.4. The third-order valence-corrected chi connectivity index (χ3v) is 9.83. The number of carbonyl (C=O) groups excluding carboxylic acids is 3. The van der Waals surface area contributed by atoms with Gasteiger partial charge in [-0.3, -0.25) is 30.3 Å². The van der Waals surface area contributed by atoms with E-state index < -0.39 is 44.4 Å². The maximum absolute atomic E-state index is 11.9. The Kier molecular flexibility index (Phi) is 18.0.